The zero-order valence-electron chi connectivity index (χ0n) is 34.0. The van der Waals surface area contributed by atoms with Crippen molar-refractivity contribution in [2.45, 2.75) is 69.6 Å². The summed E-state index contributed by atoms with van der Waals surface area (Å²) in [5.41, 5.74) is 2.54. The number of hydrogen-bond donors (Lipinski definition) is 3. The summed E-state index contributed by atoms with van der Waals surface area (Å²) in [6.45, 7) is 6.64. The molecule has 0 aromatic heterocycles. The Balaban J connectivity index is 1.56. The molecule has 0 saturated heterocycles. The van der Waals surface area contributed by atoms with E-state index in [1.54, 1.807) is 11.0 Å². The normalized spacial score (nSPS) is 23.8. The Morgan fingerprint density at radius 2 is 1.73 bits per heavy atom. The van der Waals surface area contributed by atoms with E-state index in [9.17, 15) is 20.1 Å². The number of fused-ring (bicyclic) bond motifs is 3. The number of aliphatic hydroxyl groups excluding tert-OH is 3. The highest BCUT2D eigenvalue weighted by Crippen LogP contribution is 2.62. The van der Waals surface area contributed by atoms with Crippen LogP contribution in [0.3, 0.4) is 0 Å². The third-order valence-corrected chi connectivity index (χ3v) is 11.7. The van der Waals surface area contributed by atoms with Crippen molar-refractivity contribution in [3.63, 3.8) is 0 Å². The number of oxime groups is 1. The van der Waals surface area contributed by atoms with Gasteiger partial charge in [-0.1, -0.05) is 60.5 Å². The largest absolute Gasteiger partial charge is 0.459 e. The second kappa shape index (κ2) is 21.9. The molecule has 3 aromatic rings. The Morgan fingerprint density at radius 1 is 0.966 bits per heavy atom. The van der Waals surface area contributed by atoms with Crippen LogP contribution >= 0.6 is 11.6 Å². The molecule has 6 rings (SSSR count). The monoisotopic (exact) mass is 834 g/mol. The van der Waals surface area contributed by atoms with Crippen LogP contribution in [0.25, 0.3) is 10.8 Å². The summed E-state index contributed by atoms with van der Waals surface area (Å²) in [6, 6.07) is 19.3. The summed E-state index contributed by atoms with van der Waals surface area (Å²) in [4.78, 5) is 21.6. The molecule has 1 saturated carbocycles. The summed E-state index contributed by atoms with van der Waals surface area (Å²) >= 11 is 6.01. The third kappa shape index (κ3) is 10.2. The number of amides is 1. The lowest BCUT2D eigenvalue weighted by Crippen LogP contribution is -2.70. The van der Waals surface area contributed by atoms with Gasteiger partial charge in [-0.2, -0.15) is 0 Å². The Hall–Kier alpha value is -4.17. The lowest BCUT2D eigenvalue weighted by molar-refractivity contribution is -0.256. The first-order chi connectivity index (χ1) is 28.9. The number of benzene rings is 3. The lowest BCUT2D eigenvalue weighted by atomic mass is 9.55. The molecule has 0 bridgehead atoms. The van der Waals surface area contributed by atoms with Gasteiger partial charge in [-0.3, -0.25) is 4.90 Å². The van der Waals surface area contributed by atoms with E-state index in [1.807, 2.05) is 49.4 Å². The van der Waals surface area contributed by atoms with E-state index >= 15 is 0 Å². The van der Waals surface area contributed by atoms with Crippen molar-refractivity contribution in [3.8, 4) is 17.2 Å². The quantitative estimate of drug-likeness (QED) is 0.0372. The maximum Gasteiger partial charge on any atom is 0.410 e. The highest BCUT2D eigenvalue weighted by molar-refractivity contribution is 6.18. The number of carbonyl (C=O) groups is 1. The Kier molecular flexibility index (Phi) is 16.5. The molecule has 1 amide bonds. The van der Waals surface area contributed by atoms with E-state index in [0.29, 0.717) is 42.4 Å². The molecule has 3 aromatic carbocycles. The molecule has 6 unspecified atom stereocenters. The van der Waals surface area contributed by atoms with Gasteiger partial charge in [0.2, 0.25) is 5.79 Å². The van der Waals surface area contributed by atoms with Gasteiger partial charge in [-0.05, 0) is 91.1 Å². The molecule has 1 fully saturated rings. The van der Waals surface area contributed by atoms with Crippen molar-refractivity contribution in [3.05, 3.63) is 90.5 Å². The Morgan fingerprint density at radius 3 is 2.47 bits per heavy atom. The number of alkyl halides is 1. The number of hydrogen-bond acceptors (Lipinski definition) is 11. The minimum absolute atomic E-state index is 0.00908. The lowest BCUT2D eigenvalue weighted by Gasteiger charge is -2.59. The van der Waals surface area contributed by atoms with Gasteiger partial charge in [-0.25, -0.2) is 4.79 Å². The predicted molar refractivity (Wildman–Crippen MR) is 227 cm³/mol. The summed E-state index contributed by atoms with van der Waals surface area (Å²) in [7, 11) is 0. The Bertz CT molecular complexity index is 1910. The van der Waals surface area contributed by atoms with Crippen LogP contribution in [0.4, 0.5) is 4.79 Å². The smallest absolute Gasteiger partial charge is 0.410 e. The van der Waals surface area contributed by atoms with Gasteiger partial charge in [-0.15, -0.1) is 18.2 Å². The number of unbranched alkanes of at least 4 members (excludes halogenated alkanes) is 2. The minimum Gasteiger partial charge on any atom is -0.459 e. The minimum atomic E-state index is -1.47. The summed E-state index contributed by atoms with van der Waals surface area (Å²) in [5, 5.41) is 36.2. The SMILES string of the molecule is C=CCOC12Oc3ccc(Oc4ccc5ccccc5c4)cc3C3C(CCCCO)C(CCCCO)C=C(C(=NOCC)CC1N(CCOCCO)C(=O)OCCCl)C32. The third-order valence-electron chi connectivity index (χ3n) is 11.5. The van der Waals surface area contributed by atoms with Crippen LogP contribution in [0, 0.1) is 17.8 Å². The first kappa shape index (κ1) is 44.4. The number of allylic oxidation sites excluding steroid dienone is 1. The van der Waals surface area contributed by atoms with Crippen LogP contribution in [0.5, 0.6) is 17.2 Å². The Labute approximate surface area is 352 Å². The number of ether oxygens (including phenoxy) is 5. The highest BCUT2D eigenvalue weighted by Gasteiger charge is 2.65. The van der Waals surface area contributed by atoms with Gasteiger partial charge >= 0.3 is 6.09 Å². The van der Waals surface area contributed by atoms with Gasteiger partial charge in [0.05, 0.1) is 43.9 Å². The van der Waals surface area contributed by atoms with E-state index in [0.717, 1.165) is 47.6 Å². The van der Waals surface area contributed by atoms with Crippen LogP contribution in [0.1, 0.15) is 63.4 Å². The second-order valence-corrected chi connectivity index (χ2v) is 15.5. The fraction of sp³-hybridized carbons (Fsp3) is 0.522. The fourth-order valence-electron chi connectivity index (χ4n) is 9.13. The average Bonchev–Trinajstić information content (AvgIpc) is 3.25. The van der Waals surface area contributed by atoms with Crippen molar-refractivity contribution in [2.75, 3.05) is 65.3 Å². The van der Waals surface area contributed by atoms with Gasteiger partial charge < -0.3 is 43.8 Å². The molecule has 3 N–H and O–H groups in total. The van der Waals surface area contributed by atoms with Crippen molar-refractivity contribution in [1.29, 1.82) is 0 Å². The average molecular weight is 835 g/mol. The first-order valence-corrected chi connectivity index (χ1v) is 21.5. The summed E-state index contributed by atoms with van der Waals surface area (Å²) in [6.07, 6.45) is 8.11. The molecule has 59 heavy (non-hydrogen) atoms. The van der Waals surface area contributed by atoms with Crippen molar-refractivity contribution >= 4 is 34.2 Å². The molecule has 320 valence electrons. The maximum atomic E-state index is 14.2. The molecule has 0 spiro atoms. The number of aliphatic hydroxyl groups is 3. The standard InChI is InChI=1S/C46H59ClN2O10/c1-3-24-56-46-42(49(20-26-54-27-23-52)45(53)55-25-19-47)31-40(48-57-4-2)38-29-34(13-7-9-21-50)37(14-8-10-22-51)43(44(38)46)39-30-36(17-18-41(39)59-46)58-35-16-15-32-11-5-6-12-33(32)28-35/h3,5-6,11-12,15-18,28-30,34,37,42-44,50-52H,1,4,7-10,13-14,19-27,31H2,2H3. The van der Waals surface area contributed by atoms with Crippen LogP contribution in [0.2, 0.25) is 0 Å². The van der Waals surface area contributed by atoms with E-state index < -0.39 is 23.8 Å². The van der Waals surface area contributed by atoms with Gasteiger partial charge in [0.25, 0.3) is 0 Å². The molecule has 3 aliphatic rings. The number of carbonyl (C=O) groups excluding carboxylic acids is 1. The molecule has 1 heterocycles. The summed E-state index contributed by atoms with van der Waals surface area (Å²) in [5.74, 6) is -0.0312. The van der Waals surface area contributed by atoms with Crippen molar-refractivity contribution in [2.24, 2.45) is 22.9 Å². The first-order valence-electron chi connectivity index (χ1n) is 21.0. The second-order valence-electron chi connectivity index (χ2n) is 15.1. The fourth-order valence-corrected chi connectivity index (χ4v) is 9.21. The zero-order valence-corrected chi connectivity index (χ0v) is 34.8. The van der Waals surface area contributed by atoms with E-state index in [1.165, 1.54) is 0 Å². The van der Waals surface area contributed by atoms with Crippen LogP contribution in [-0.4, -0.2) is 109 Å². The molecule has 0 radical (unpaired) electrons. The van der Waals surface area contributed by atoms with Gasteiger partial charge in [0.15, 0.2) is 0 Å². The molecule has 13 heteroatoms. The highest BCUT2D eigenvalue weighted by atomic mass is 35.5. The predicted octanol–water partition coefficient (Wildman–Crippen LogP) is 7.97. The number of halogens is 1. The van der Waals surface area contributed by atoms with E-state index in [-0.39, 0.29) is 82.8 Å². The molecule has 2 aliphatic carbocycles. The van der Waals surface area contributed by atoms with E-state index in [4.69, 9.17) is 45.3 Å². The molecule has 12 nitrogen and oxygen atoms in total. The van der Waals surface area contributed by atoms with Gasteiger partial charge in [0.1, 0.15) is 36.5 Å². The van der Waals surface area contributed by atoms with Crippen molar-refractivity contribution < 1.29 is 48.6 Å². The molecule has 1 aliphatic heterocycles. The van der Waals surface area contributed by atoms with Crippen LogP contribution in [0.15, 0.2) is 90.1 Å². The van der Waals surface area contributed by atoms with Crippen LogP contribution < -0.4 is 9.47 Å². The van der Waals surface area contributed by atoms with E-state index in [2.05, 4.69) is 30.9 Å². The van der Waals surface area contributed by atoms with Crippen LogP contribution in [-0.2, 0) is 19.0 Å². The molecular formula is C46H59ClN2O10. The molecule has 6 atom stereocenters. The van der Waals surface area contributed by atoms with Crippen molar-refractivity contribution in [1.82, 2.24) is 4.90 Å². The zero-order chi connectivity index (χ0) is 41.6. The number of nitrogens with zero attached hydrogens (tertiary/aromatic N) is 2. The maximum absolute atomic E-state index is 14.2. The topological polar surface area (TPSA) is 149 Å². The molecular weight excluding hydrogens is 776 g/mol. The van der Waals surface area contributed by atoms with Gasteiger partial charge in [0, 0.05) is 37.7 Å². The number of rotatable bonds is 23. The summed E-state index contributed by atoms with van der Waals surface area (Å²) < 4.78 is 32.3.